The number of aromatic nitrogens is 3. The van der Waals surface area contributed by atoms with E-state index in [-0.39, 0.29) is 18.1 Å². The Morgan fingerprint density at radius 2 is 1.95 bits per heavy atom. The molecule has 0 aliphatic carbocycles. The molecule has 0 aliphatic heterocycles. The van der Waals surface area contributed by atoms with Crippen LogP contribution in [0.5, 0.6) is 5.75 Å². The Bertz CT molecular complexity index is 749. The molecule has 0 radical (unpaired) electrons. The number of fused-ring (bicyclic) bond motifs is 1. The van der Waals surface area contributed by atoms with Crippen LogP contribution in [-0.2, 0) is 11.2 Å². The zero-order chi connectivity index (χ0) is 13.9. The van der Waals surface area contributed by atoms with E-state index in [0.717, 1.165) is 5.56 Å². The number of phenolic OH excluding ortho intramolecular Hbond substituents is 1. The van der Waals surface area contributed by atoms with Crippen LogP contribution in [0.4, 0.5) is 5.95 Å². The van der Waals surface area contributed by atoms with Gasteiger partial charge < -0.3 is 5.11 Å². The minimum atomic E-state index is -0.186. The molecule has 6 heteroatoms. The summed E-state index contributed by atoms with van der Waals surface area (Å²) in [4.78, 5) is 12.0. The molecule has 0 bridgehead atoms. The van der Waals surface area contributed by atoms with Gasteiger partial charge in [-0.2, -0.15) is 0 Å². The van der Waals surface area contributed by atoms with Crippen LogP contribution < -0.4 is 5.32 Å². The van der Waals surface area contributed by atoms with Gasteiger partial charge in [-0.25, -0.2) is 0 Å². The van der Waals surface area contributed by atoms with Crippen LogP contribution in [-0.4, -0.2) is 25.6 Å². The standard InChI is InChI=1S/C14H12N4O2/c19-11-6-4-10(5-7-11)9-13(20)15-14-17-16-12-3-1-2-8-18(12)14/h1-8,19H,9H2,(H,15,17,20). The van der Waals surface area contributed by atoms with Crippen LogP contribution >= 0.6 is 0 Å². The van der Waals surface area contributed by atoms with Gasteiger partial charge in [-0.3, -0.25) is 14.5 Å². The van der Waals surface area contributed by atoms with E-state index in [4.69, 9.17) is 0 Å². The molecule has 3 aromatic rings. The van der Waals surface area contributed by atoms with E-state index >= 15 is 0 Å². The lowest BCUT2D eigenvalue weighted by atomic mass is 10.1. The van der Waals surface area contributed by atoms with Crippen LogP contribution in [0, 0.1) is 0 Å². The Labute approximate surface area is 114 Å². The molecule has 2 heterocycles. The monoisotopic (exact) mass is 268 g/mol. The number of carbonyl (C=O) groups excluding carboxylic acids is 1. The Balaban J connectivity index is 1.74. The SMILES string of the molecule is O=C(Cc1ccc(O)cc1)Nc1nnc2ccccn12. The zero-order valence-corrected chi connectivity index (χ0v) is 10.5. The van der Waals surface area contributed by atoms with Crippen molar-refractivity contribution < 1.29 is 9.90 Å². The van der Waals surface area contributed by atoms with Crippen molar-refractivity contribution in [3.05, 3.63) is 54.2 Å². The lowest BCUT2D eigenvalue weighted by Crippen LogP contribution is -2.16. The van der Waals surface area contributed by atoms with E-state index in [1.165, 1.54) is 0 Å². The number of aromatic hydroxyl groups is 1. The van der Waals surface area contributed by atoms with Gasteiger partial charge in [-0.05, 0) is 29.8 Å². The van der Waals surface area contributed by atoms with E-state index < -0.39 is 0 Å². The van der Waals surface area contributed by atoms with Crippen molar-refractivity contribution in [1.82, 2.24) is 14.6 Å². The third-order valence-corrected chi connectivity index (χ3v) is 2.87. The van der Waals surface area contributed by atoms with Crippen LogP contribution in [0.15, 0.2) is 48.7 Å². The van der Waals surface area contributed by atoms with Crippen molar-refractivity contribution in [2.24, 2.45) is 0 Å². The van der Waals surface area contributed by atoms with Crippen molar-refractivity contribution >= 4 is 17.5 Å². The number of nitrogens with zero attached hydrogens (tertiary/aromatic N) is 3. The highest BCUT2D eigenvalue weighted by atomic mass is 16.3. The number of amides is 1. The highest BCUT2D eigenvalue weighted by Gasteiger charge is 2.09. The van der Waals surface area contributed by atoms with Crippen LogP contribution in [0.3, 0.4) is 0 Å². The number of hydrogen-bond donors (Lipinski definition) is 2. The number of nitrogens with one attached hydrogen (secondary N) is 1. The highest BCUT2D eigenvalue weighted by Crippen LogP contribution is 2.11. The predicted molar refractivity (Wildman–Crippen MR) is 73.4 cm³/mol. The molecule has 3 rings (SSSR count). The van der Waals surface area contributed by atoms with E-state index in [1.54, 1.807) is 34.9 Å². The van der Waals surface area contributed by atoms with Gasteiger partial charge in [0.25, 0.3) is 0 Å². The molecule has 2 N–H and O–H groups in total. The zero-order valence-electron chi connectivity index (χ0n) is 10.5. The first-order valence-electron chi connectivity index (χ1n) is 6.10. The van der Waals surface area contributed by atoms with E-state index in [2.05, 4.69) is 15.5 Å². The third-order valence-electron chi connectivity index (χ3n) is 2.87. The molecule has 20 heavy (non-hydrogen) atoms. The summed E-state index contributed by atoms with van der Waals surface area (Å²) in [6.45, 7) is 0. The van der Waals surface area contributed by atoms with Gasteiger partial charge in [0.1, 0.15) is 5.75 Å². The van der Waals surface area contributed by atoms with Crippen molar-refractivity contribution in [2.45, 2.75) is 6.42 Å². The Morgan fingerprint density at radius 3 is 2.75 bits per heavy atom. The molecule has 0 fully saturated rings. The maximum absolute atomic E-state index is 12.0. The predicted octanol–water partition coefficient (Wildman–Crippen LogP) is 1.62. The number of phenols is 1. The number of hydrogen-bond acceptors (Lipinski definition) is 4. The van der Waals surface area contributed by atoms with Crippen molar-refractivity contribution in [2.75, 3.05) is 5.32 Å². The lowest BCUT2D eigenvalue weighted by Gasteiger charge is -2.03. The fourth-order valence-electron chi connectivity index (χ4n) is 1.89. The van der Waals surface area contributed by atoms with E-state index in [1.807, 2.05) is 18.2 Å². The fraction of sp³-hybridized carbons (Fsp3) is 0.0714. The number of anilines is 1. The van der Waals surface area contributed by atoms with Crippen LogP contribution in [0.2, 0.25) is 0 Å². The average molecular weight is 268 g/mol. The van der Waals surface area contributed by atoms with Crippen molar-refractivity contribution in [3.63, 3.8) is 0 Å². The Kier molecular flexibility index (Phi) is 3.04. The molecule has 2 aromatic heterocycles. The van der Waals surface area contributed by atoms with Gasteiger partial charge in [0.15, 0.2) is 5.65 Å². The molecule has 0 saturated carbocycles. The maximum atomic E-state index is 12.0. The quantitative estimate of drug-likeness (QED) is 0.756. The number of carbonyl (C=O) groups is 1. The molecule has 0 atom stereocenters. The minimum absolute atomic E-state index is 0.178. The number of rotatable bonds is 3. The molecular formula is C14H12N4O2. The van der Waals surface area contributed by atoms with Gasteiger partial charge in [0, 0.05) is 6.20 Å². The van der Waals surface area contributed by atoms with E-state index in [9.17, 15) is 9.90 Å². The lowest BCUT2D eigenvalue weighted by molar-refractivity contribution is -0.115. The van der Waals surface area contributed by atoms with Gasteiger partial charge in [0.05, 0.1) is 6.42 Å². The molecule has 0 spiro atoms. The Morgan fingerprint density at radius 1 is 1.15 bits per heavy atom. The summed E-state index contributed by atoms with van der Waals surface area (Å²) < 4.78 is 1.70. The first kappa shape index (κ1) is 12.2. The van der Waals surface area contributed by atoms with Gasteiger partial charge >= 0.3 is 0 Å². The molecule has 0 aliphatic rings. The largest absolute Gasteiger partial charge is 0.508 e. The molecule has 100 valence electrons. The summed E-state index contributed by atoms with van der Waals surface area (Å²) in [6.07, 6.45) is 1.99. The number of benzene rings is 1. The molecule has 1 amide bonds. The second-order valence-corrected chi connectivity index (χ2v) is 4.34. The van der Waals surface area contributed by atoms with Crippen molar-refractivity contribution in [3.8, 4) is 5.75 Å². The minimum Gasteiger partial charge on any atom is -0.508 e. The summed E-state index contributed by atoms with van der Waals surface area (Å²) in [5, 5.41) is 19.8. The first-order chi connectivity index (χ1) is 9.72. The molecular weight excluding hydrogens is 256 g/mol. The fourth-order valence-corrected chi connectivity index (χ4v) is 1.89. The Hall–Kier alpha value is -2.89. The topological polar surface area (TPSA) is 79.5 Å². The normalized spacial score (nSPS) is 10.6. The summed E-state index contributed by atoms with van der Waals surface area (Å²) in [6, 6.07) is 12.0. The van der Waals surface area contributed by atoms with Crippen molar-refractivity contribution in [1.29, 1.82) is 0 Å². The van der Waals surface area contributed by atoms with Gasteiger partial charge in [-0.15, -0.1) is 10.2 Å². The average Bonchev–Trinajstić information content (AvgIpc) is 2.85. The summed E-state index contributed by atoms with van der Waals surface area (Å²) in [5.74, 6) is 0.385. The highest BCUT2D eigenvalue weighted by molar-refractivity contribution is 5.91. The molecule has 6 nitrogen and oxygen atoms in total. The number of pyridine rings is 1. The summed E-state index contributed by atoms with van der Waals surface area (Å²) >= 11 is 0. The molecule has 0 saturated heterocycles. The second kappa shape index (κ2) is 5.00. The summed E-state index contributed by atoms with van der Waals surface area (Å²) in [7, 11) is 0. The van der Waals surface area contributed by atoms with Crippen LogP contribution in [0.25, 0.3) is 5.65 Å². The molecule has 0 unspecified atom stereocenters. The van der Waals surface area contributed by atoms with Gasteiger partial charge in [-0.1, -0.05) is 18.2 Å². The molecule has 1 aromatic carbocycles. The van der Waals surface area contributed by atoms with E-state index in [0.29, 0.717) is 11.6 Å². The first-order valence-corrected chi connectivity index (χ1v) is 6.10. The van der Waals surface area contributed by atoms with Crippen LogP contribution in [0.1, 0.15) is 5.56 Å². The third kappa shape index (κ3) is 2.44. The second-order valence-electron chi connectivity index (χ2n) is 4.34. The smallest absolute Gasteiger partial charge is 0.235 e. The van der Waals surface area contributed by atoms with Gasteiger partial charge in [0.2, 0.25) is 11.9 Å². The summed E-state index contributed by atoms with van der Waals surface area (Å²) in [5.41, 5.74) is 1.49. The maximum Gasteiger partial charge on any atom is 0.235 e.